The lowest BCUT2D eigenvalue weighted by Gasteiger charge is -1.98. The van der Waals surface area contributed by atoms with Crippen LogP contribution in [0.2, 0.25) is 0 Å². The van der Waals surface area contributed by atoms with Crippen LogP contribution < -0.4 is 5.43 Å². The van der Waals surface area contributed by atoms with Crippen molar-refractivity contribution < 1.29 is 9.18 Å². The Balaban J connectivity index is 1.96. The molecule has 17 heavy (non-hydrogen) atoms. The van der Waals surface area contributed by atoms with Gasteiger partial charge in [0.25, 0.3) is 5.91 Å². The summed E-state index contributed by atoms with van der Waals surface area (Å²) in [4.78, 5) is 11.5. The van der Waals surface area contributed by atoms with Gasteiger partial charge >= 0.3 is 0 Å². The van der Waals surface area contributed by atoms with Crippen LogP contribution in [-0.4, -0.2) is 12.1 Å². The SMILES string of the molecule is O=C(NN=Cc1ccsc1)c1ccc(F)cc1. The number of halogens is 1. The van der Waals surface area contributed by atoms with E-state index in [0.717, 1.165) is 5.56 Å². The number of nitrogens with one attached hydrogen (secondary N) is 1. The van der Waals surface area contributed by atoms with Gasteiger partial charge in [0.2, 0.25) is 0 Å². The molecule has 1 N–H and O–H groups in total. The van der Waals surface area contributed by atoms with Crippen LogP contribution in [0.3, 0.4) is 0 Å². The predicted octanol–water partition coefficient (Wildman–Crippen LogP) is 2.65. The molecule has 0 spiro atoms. The predicted molar refractivity (Wildman–Crippen MR) is 65.8 cm³/mol. The summed E-state index contributed by atoms with van der Waals surface area (Å²) in [5.41, 5.74) is 3.66. The van der Waals surface area contributed by atoms with Gasteiger partial charge in [0.1, 0.15) is 5.82 Å². The second-order valence-electron chi connectivity index (χ2n) is 3.26. The van der Waals surface area contributed by atoms with E-state index in [2.05, 4.69) is 10.5 Å². The minimum Gasteiger partial charge on any atom is -0.267 e. The van der Waals surface area contributed by atoms with Crippen molar-refractivity contribution in [3.05, 3.63) is 58.0 Å². The number of amides is 1. The molecular weight excluding hydrogens is 239 g/mol. The van der Waals surface area contributed by atoms with Gasteiger partial charge in [-0.1, -0.05) is 0 Å². The molecule has 0 saturated carbocycles. The number of carbonyl (C=O) groups is 1. The highest BCUT2D eigenvalue weighted by molar-refractivity contribution is 7.08. The number of benzene rings is 1. The van der Waals surface area contributed by atoms with Gasteiger partial charge in [-0.05, 0) is 41.1 Å². The van der Waals surface area contributed by atoms with E-state index in [-0.39, 0.29) is 11.7 Å². The summed E-state index contributed by atoms with van der Waals surface area (Å²) in [6.07, 6.45) is 1.55. The fourth-order valence-corrected chi connectivity index (χ4v) is 1.79. The molecule has 1 aromatic carbocycles. The molecule has 2 rings (SSSR count). The number of hydrogen-bond donors (Lipinski definition) is 1. The summed E-state index contributed by atoms with van der Waals surface area (Å²) in [5, 5.41) is 7.63. The normalized spacial score (nSPS) is 10.6. The maximum absolute atomic E-state index is 12.6. The number of nitrogens with zero attached hydrogens (tertiary/aromatic N) is 1. The summed E-state index contributed by atoms with van der Waals surface area (Å²) in [6, 6.07) is 7.17. The van der Waals surface area contributed by atoms with Gasteiger partial charge in [-0.3, -0.25) is 4.79 Å². The Morgan fingerprint density at radius 3 is 2.71 bits per heavy atom. The quantitative estimate of drug-likeness (QED) is 0.658. The Morgan fingerprint density at radius 1 is 1.29 bits per heavy atom. The lowest BCUT2D eigenvalue weighted by Crippen LogP contribution is -2.17. The molecule has 1 aromatic heterocycles. The highest BCUT2D eigenvalue weighted by Gasteiger charge is 2.03. The summed E-state index contributed by atoms with van der Waals surface area (Å²) in [7, 11) is 0. The van der Waals surface area contributed by atoms with E-state index in [0.29, 0.717) is 5.56 Å². The Bertz CT molecular complexity index is 520. The molecule has 0 bridgehead atoms. The molecule has 0 fully saturated rings. The summed E-state index contributed by atoms with van der Waals surface area (Å²) >= 11 is 1.55. The zero-order valence-corrected chi connectivity index (χ0v) is 9.58. The average Bonchev–Trinajstić information content (AvgIpc) is 2.83. The Labute approximate surface area is 102 Å². The molecule has 1 heterocycles. The molecule has 86 valence electrons. The van der Waals surface area contributed by atoms with E-state index >= 15 is 0 Å². The molecule has 0 atom stereocenters. The second kappa shape index (κ2) is 5.36. The number of rotatable bonds is 3. The van der Waals surface area contributed by atoms with Crippen LogP contribution in [-0.2, 0) is 0 Å². The minimum atomic E-state index is -0.372. The second-order valence-corrected chi connectivity index (χ2v) is 4.04. The van der Waals surface area contributed by atoms with Gasteiger partial charge in [0.15, 0.2) is 0 Å². The molecule has 5 heteroatoms. The topological polar surface area (TPSA) is 41.5 Å². The molecule has 0 saturated heterocycles. The number of hydrogen-bond acceptors (Lipinski definition) is 3. The van der Waals surface area contributed by atoms with Crippen LogP contribution in [0, 0.1) is 5.82 Å². The van der Waals surface area contributed by atoms with Gasteiger partial charge in [-0.25, -0.2) is 9.82 Å². The Morgan fingerprint density at radius 2 is 2.06 bits per heavy atom. The van der Waals surface area contributed by atoms with Crippen molar-refractivity contribution in [3.63, 3.8) is 0 Å². The Hall–Kier alpha value is -2.01. The molecule has 0 aliphatic carbocycles. The standard InChI is InChI=1S/C12H9FN2OS/c13-11-3-1-10(2-4-11)12(16)15-14-7-9-5-6-17-8-9/h1-8H,(H,15,16). The summed E-state index contributed by atoms with van der Waals surface area (Å²) in [6.45, 7) is 0. The van der Waals surface area contributed by atoms with E-state index in [1.165, 1.54) is 24.3 Å². The smallest absolute Gasteiger partial charge is 0.267 e. The molecular formula is C12H9FN2OS. The number of hydrazone groups is 1. The highest BCUT2D eigenvalue weighted by Crippen LogP contribution is 2.03. The van der Waals surface area contributed by atoms with Crippen molar-refractivity contribution in [3.8, 4) is 0 Å². The highest BCUT2D eigenvalue weighted by atomic mass is 32.1. The van der Waals surface area contributed by atoms with Gasteiger partial charge in [0, 0.05) is 11.1 Å². The third-order valence-corrected chi connectivity index (χ3v) is 2.73. The monoisotopic (exact) mass is 248 g/mol. The first-order valence-electron chi connectivity index (χ1n) is 4.87. The average molecular weight is 248 g/mol. The van der Waals surface area contributed by atoms with Crippen LogP contribution in [0.1, 0.15) is 15.9 Å². The first-order valence-corrected chi connectivity index (χ1v) is 5.81. The lowest BCUT2D eigenvalue weighted by molar-refractivity contribution is 0.0955. The van der Waals surface area contributed by atoms with E-state index in [4.69, 9.17) is 0 Å². The summed E-state index contributed by atoms with van der Waals surface area (Å²) < 4.78 is 12.6. The first kappa shape index (κ1) is 11.5. The van der Waals surface area contributed by atoms with E-state index in [1.54, 1.807) is 17.6 Å². The van der Waals surface area contributed by atoms with Crippen molar-refractivity contribution in [2.75, 3.05) is 0 Å². The van der Waals surface area contributed by atoms with Gasteiger partial charge in [-0.2, -0.15) is 16.4 Å². The Kier molecular flexibility index (Phi) is 3.62. The van der Waals surface area contributed by atoms with E-state index in [1.807, 2.05) is 16.8 Å². The lowest BCUT2D eigenvalue weighted by atomic mass is 10.2. The van der Waals surface area contributed by atoms with Crippen molar-refractivity contribution in [2.24, 2.45) is 5.10 Å². The fraction of sp³-hybridized carbons (Fsp3) is 0. The van der Waals surface area contributed by atoms with Crippen molar-refractivity contribution in [1.82, 2.24) is 5.43 Å². The molecule has 0 aliphatic rings. The van der Waals surface area contributed by atoms with Crippen LogP contribution in [0.25, 0.3) is 0 Å². The van der Waals surface area contributed by atoms with E-state index in [9.17, 15) is 9.18 Å². The minimum absolute atomic E-state index is 0.364. The van der Waals surface area contributed by atoms with Crippen molar-refractivity contribution in [1.29, 1.82) is 0 Å². The zero-order valence-electron chi connectivity index (χ0n) is 8.76. The van der Waals surface area contributed by atoms with Crippen LogP contribution in [0.4, 0.5) is 4.39 Å². The molecule has 3 nitrogen and oxygen atoms in total. The molecule has 0 unspecified atom stereocenters. The van der Waals surface area contributed by atoms with Crippen molar-refractivity contribution in [2.45, 2.75) is 0 Å². The van der Waals surface area contributed by atoms with Gasteiger partial charge in [0.05, 0.1) is 6.21 Å². The van der Waals surface area contributed by atoms with Gasteiger partial charge in [-0.15, -0.1) is 0 Å². The molecule has 0 radical (unpaired) electrons. The van der Waals surface area contributed by atoms with Crippen molar-refractivity contribution >= 4 is 23.5 Å². The van der Waals surface area contributed by atoms with E-state index < -0.39 is 0 Å². The maximum atomic E-state index is 12.6. The largest absolute Gasteiger partial charge is 0.271 e. The zero-order chi connectivity index (χ0) is 12.1. The number of carbonyl (C=O) groups excluding carboxylic acids is 1. The van der Waals surface area contributed by atoms with Crippen LogP contribution in [0.5, 0.6) is 0 Å². The third-order valence-electron chi connectivity index (χ3n) is 2.03. The fourth-order valence-electron chi connectivity index (χ4n) is 1.18. The van der Waals surface area contributed by atoms with Crippen LogP contribution >= 0.6 is 11.3 Å². The van der Waals surface area contributed by atoms with Gasteiger partial charge < -0.3 is 0 Å². The third kappa shape index (κ3) is 3.22. The molecule has 1 amide bonds. The summed E-state index contributed by atoms with van der Waals surface area (Å²) in [5.74, 6) is -0.736. The molecule has 2 aromatic rings. The number of thiophene rings is 1. The molecule has 0 aliphatic heterocycles. The first-order chi connectivity index (χ1) is 8.25. The van der Waals surface area contributed by atoms with Crippen LogP contribution in [0.15, 0.2) is 46.2 Å². The maximum Gasteiger partial charge on any atom is 0.271 e.